The van der Waals surface area contributed by atoms with Crippen molar-refractivity contribution in [1.29, 1.82) is 0 Å². The lowest BCUT2D eigenvalue weighted by atomic mass is 9.68. The quantitative estimate of drug-likeness (QED) is 0.501. The molecule has 1 saturated carbocycles. The average Bonchev–Trinajstić information content (AvgIpc) is 3.09. The van der Waals surface area contributed by atoms with Crippen LogP contribution < -0.4 is 10.6 Å². The third-order valence-electron chi connectivity index (χ3n) is 7.52. The molecule has 1 aromatic carbocycles. The lowest BCUT2D eigenvalue weighted by Crippen LogP contribution is -2.55. The number of methoxy groups -OCH3 is 1. The third-order valence-corrected chi connectivity index (χ3v) is 7.52. The highest BCUT2D eigenvalue weighted by atomic mass is 16.5. The molecule has 4 amide bonds. The van der Waals surface area contributed by atoms with Gasteiger partial charge in [-0.05, 0) is 51.8 Å². The molecule has 0 atom stereocenters. The minimum Gasteiger partial charge on any atom is -0.385 e. The molecule has 0 unspecified atom stereocenters. The van der Waals surface area contributed by atoms with Gasteiger partial charge in [0.25, 0.3) is 0 Å². The molecule has 2 fully saturated rings. The van der Waals surface area contributed by atoms with Crippen LogP contribution in [0.1, 0.15) is 37.7 Å². The van der Waals surface area contributed by atoms with Crippen LogP contribution in [0.4, 0.5) is 4.79 Å². The zero-order valence-electron chi connectivity index (χ0n) is 20.9. The van der Waals surface area contributed by atoms with Crippen molar-refractivity contribution in [3.63, 3.8) is 0 Å². The SMILES string of the molecule is CNC(=O)CNC(=O)CN1CC2(CCC(c3ccccc3)(N(C)C)CC2)N(CCCOC)C1=O. The normalized spacial score (nSPS) is 24.7. The second-order valence-electron chi connectivity index (χ2n) is 9.60. The van der Waals surface area contributed by atoms with E-state index in [0.717, 1.165) is 32.1 Å². The molecule has 9 heteroatoms. The van der Waals surface area contributed by atoms with Gasteiger partial charge in [-0.2, -0.15) is 0 Å². The van der Waals surface area contributed by atoms with Gasteiger partial charge in [0.1, 0.15) is 6.54 Å². The molecular weight excluding hydrogens is 434 g/mol. The van der Waals surface area contributed by atoms with Crippen molar-refractivity contribution in [2.24, 2.45) is 0 Å². The van der Waals surface area contributed by atoms with E-state index in [1.807, 2.05) is 11.0 Å². The summed E-state index contributed by atoms with van der Waals surface area (Å²) in [6.07, 6.45) is 4.31. The first kappa shape index (κ1) is 26.0. The molecule has 1 aliphatic heterocycles. The number of nitrogens with one attached hydrogen (secondary N) is 2. The highest BCUT2D eigenvalue weighted by Crippen LogP contribution is 2.48. The molecule has 1 aromatic rings. The van der Waals surface area contributed by atoms with Gasteiger partial charge in [-0.3, -0.25) is 14.5 Å². The molecule has 0 bridgehead atoms. The van der Waals surface area contributed by atoms with E-state index < -0.39 is 0 Å². The number of rotatable bonds is 10. The highest BCUT2D eigenvalue weighted by Gasteiger charge is 2.54. The van der Waals surface area contributed by atoms with Crippen LogP contribution in [0.2, 0.25) is 0 Å². The van der Waals surface area contributed by atoms with Gasteiger partial charge in [0.05, 0.1) is 12.1 Å². The first-order chi connectivity index (χ1) is 16.3. The molecule has 0 aromatic heterocycles. The fourth-order valence-corrected chi connectivity index (χ4v) is 5.50. The van der Waals surface area contributed by atoms with E-state index in [-0.39, 0.29) is 42.0 Å². The minimum absolute atomic E-state index is 0.0458. The summed E-state index contributed by atoms with van der Waals surface area (Å²) in [5.41, 5.74) is 0.919. The lowest BCUT2D eigenvalue weighted by Gasteiger charge is -2.51. The summed E-state index contributed by atoms with van der Waals surface area (Å²) >= 11 is 0. The van der Waals surface area contributed by atoms with Crippen LogP contribution in [0.25, 0.3) is 0 Å². The van der Waals surface area contributed by atoms with E-state index in [9.17, 15) is 14.4 Å². The number of ether oxygens (including phenoxy) is 1. The van der Waals surface area contributed by atoms with Crippen molar-refractivity contribution < 1.29 is 19.1 Å². The van der Waals surface area contributed by atoms with Crippen molar-refractivity contribution in [1.82, 2.24) is 25.3 Å². The molecule has 1 saturated heterocycles. The van der Waals surface area contributed by atoms with Gasteiger partial charge in [0.2, 0.25) is 11.8 Å². The molecule has 0 radical (unpaired) electrons. The monoisotopic (exact) mass is 473 g/mol. The number of carbonyl (C=O) groups excluding carboxylic acids is 3. The van der Waals surface area contributed by atoms with E-state index in [2.05, 4.69) is 53.9 Å². The maximum absolute atomic E-state index is 13.4. The highest BCUT2D eigenvalue weighted by molar-refractivity contribution is 5.88. The third kappa shape index (κ3) is 5.36. The molecular formula is C25H39N5O4. The Morgan fingerprint density at radius 3 is 2.35 bits per heavy atom. The molecule has 188 valence electrons. The van der Waals surface area contributed by atoms with Crippen LogP contribution in [0.5, 0.6) is 0 Å². The average molecular weight is 474 g/mol. The molecule has 1 aliphatic carbocycles. The minimum atomic E-state index is -0.325. The number of hydrogen-bond acceptors (Lipinski definition) is 5. The number of benzene rings is 1. The van der Waals surface area contributed by atoms with Gasteiger partial charge in [0, 0.05) is 39.4 Å². The van der Waals surface area contributed by atoms with Crippen LogP contribution in [0, 0.1) is 0 Å². The van der Waals surface area contributed by atoms with Gasteiger partial charge in [-0.25, -0.2) is 4.79 Å². The Bertz CT molecular complexity index is 852. The van der Waals surface area contributed by atoms with E-state index >= 15 is 0 Å². The van der Waals surface area contributed by atoms with Crippen molar-refractivity contribution >= 4 is 17.8 Å². The van der Waals surface area contributed by atoms with Crippen LogP contribution in [0.3, 0.4) is 0 Å². The van der Waals surface area contributed by atoms with Gasteiger partial charge >= 0.3 is 6.03 Å². The Morgan fingerprint density at radius 1 is 1.09 bits per heavy atom. The van der Waals surface area contributed by atoms with Crippen molar-refractivity contribution in [3.05, 3.63) is 35.9 Å². The van der Waals surface area contributed by atoms with Crippen LogP contribution >= 0.6 is 0 Å². The summed E-state index contributed by atoms with van der Waals surface area (Å²) in [5.74, 6) is -0.597. The zero-order chi connectivity index (χ0) is 24.8. The Hall–Kier alpha value is -2.65. The molecule has 1 spiro atoms. The number of amides is 4. The van der Waals surface area contributed by atoms with E-state index in [4.69, 9.17) is 4.74 Å². The Kier molecular flexibility index (Phi) is 8.54. The Morgan fingerprint density at radius 2 is 1.76 bits per heavy atom. The summed E-state index contributed by atoms with van der Waals surface area (Å²) < 4.78 is 5.23. The first-order valence-corrected chi connectivity index (χ1v) is 12.0. The van der Waals surface area contributed by atoms with E-state index in [1.54, 1.807) is 12.0 Å². The van der Waals surface area contributed by atoms with Crippen molar-refractivity contribution in [2.75, 3.05) is 61.0 Å². The zero-order valence-corrected chi connectivity index (χ0v) is 20.9. The standard InChI is InChI=1S/C25H39N5O4/c1-26-21(31)17-27-22(32)18-29-19-24(30(23(29)33)15-8-16-34-4)11-13-25(14-12-24,28(2)3)20-9-6-5-7-10-20/h5-7,9-10H,8,11-19H2,1-4H3,(H,26,31)(H,27,32). The second-order valence-corrected chi connectivity index (χ2v) is 9.60. The topological polar surface area (TPSA) is 94.2 Å². The summed E-state index contributed by atoms with van der Waals surface area (Å²) in [4.78, 5) is 43.2. The van der Waals surface area contributed by atoms with Gasteiger partial charge in [0.15, 0.2) is 0 Å². The Balaban J connectivity index is 1.77. The molecule has 9 nitrogen and oxygen atoms in total. The van der Waals surface area contributed by atoms with Gasteiger partial charge in [-0.1, -0.05) is 30.3 Å². The molecule has 2 aliphatic rings. The second kappa shape index (κ2) is 11.2. The van der Waals surface area contributed by atoms with E-state index in [1.165, 1.54) is 12.6 Å². The molecule has 3 rings (SSSR count). The molecule has 34 heavy (non-hydrogen) atoms. The van der Waals surface area contributed by atoms with Crippen molar-refractivity contribution in [2.45, 2.75) is 43.2 Å². The predicted molar refractivity (Wildman–Crippen MR) is 130 cm³/mol. The van der Waals surface area contributed by atoms with Crippen LogP contribution in [-0.2, 0) is 19.9 Å². The van der Waals surface area contributed by atoms with Crippen molar-refractivity contribution in [3.8, 4) is 0 Å². The Labute approximate surface area is 202 Å². The number of likely N-dealkylation sites (N-methyl/N-ethyl adjacent to an activating group) is 1. The first-order valence-electron chi connectivity index (χ1n) is 12.0. The molecule has 2 N–H and O–H groups in total. The largest absolute Gasteiger partial charge is 0.385 e. The fourth-order valence-electron chi connectivity index (χ4n) is 5.50. The van der Waals surface area contributed by atoms with E-state index in [0.29, 0.717) is 19.7 Å². The number of hydrogen-bond donors (Lipinski definition) is 2. The van der Waals surface area contributed by atoms with Gasteiger partial charge in [-0.15, -0.1) is 0 Å². The van der Waals surface area contributed by atoms with Gasteiger partial charge < -0.3 is 25.2 Å². The fraction of sp³-hybridized carbons (Fsp3) is 0.640. The number of nitrogens with zero attached hydrogens (tertiary/aromatic N) is 3. The summed E-state index contributed by atoms with van der Waals surface area (Å²) in [7, 11) is 7.44. The lowest BCUT2D eigenvalue weighted by molar-refractivity contribution is -0.126. The van der Waals surface area contributed by atoms with Crippen LogP contribution in [0.15, 0.2) is 30.3 Å². The number of urea groups is 1. The maximum atomic E-state index is 13.4. The number of carbonyl (C=O) groups is 3. The smallest absolute Gasteiger partial charge is 0.321 e. The maximum Gasteiger partial charge on any atom is 0.321 e. The van der Waals surface area contributed by atoms with Crippen LogP contribution in [-0.4, -0.2) is 99.1 Å². The summed E-state index contributed by atoms with van der Waals surface area (Å²) in [5, 5.41) is 5.08. The predicted octanol–water partition coefficient (Wildman–Crippen LogP) is 1.39. The summed E-state index contributed by atoms with van der Waals surface area (Å²) in [6.45, 7) is 1.56. The molecule has 1 heterocycles. The summed E-state index contributed by atoms with van der Waals surface area (Å²) in [6, 6.07) is 10.5.